The number of nitrogens with one attached hydrogen (secondary N) is 1. The van der Waals surface area contributed by atoms with Gasteiger partial charge in [-0.3, -0.25) is 4.79 Å². The number of aromatic nitrogens is 2. The molecule has 1 heterocycles. The Morgan fingerprint density at radius 2 is 2.12 bits per heavy atom. The number of anilines is 1. The topological polar surface area (TPSA) is 65.4 Å². The zero-order chi connectivity index (χ0) is 18.2. The molecule has 6 nitrogen and oxygen atoms in total. The predicted molar refractivity (Wildman–Crippen MR) is 98.5 cm³/mol. The van der Waals surface area contributed by atoms with Gasteiger partial charge >= 0.3 is 0 Å². The van der Waals surface area contributed by atoms with Crippen LogP contribution in [0.3, 0.4) is 0 Å². The smallest absolute Gasteiger partial charge is 0.256 e. The van der Waals surface area contributed by atoms with Gasteiger partial charge in [-0.2, -0.15) is 5.10 Å². The summed E-state index contributed by atoms with van der Waals surface area (Å²) in [6.45, 7) is 10.5. The summed E-state index contributed by atoms with van der Waals surface area (Å²) in [5.74, 6) is 1.57. The maximum Gasteiger partial charge on any atom is 0.256 e. The standard InChI is InChI=1S/C19H25N3O3/c1-5-12-25-16-9-8-15(13-17(16)24-7-3)19(23)21-18-10-11-20-22(18)14(4)6-2/h5,8-11,13-14H,1,6-7,12H2,2-4H3,(H,21,23). The Morgan fingerprint density at radius 1 is 1.32 bits per heavy atom. The highest BCUT2D eigenvalue weighted by atomic mass is 16.5. The maximum atomic E-state index is 12.6. The maximum absolute atomic E-state index is 12.6. The van der Waals surface area contributed by atoms with Crippen molar-refractivity contribution < 1.29 is 14.3 Å². The summed E-state index contributed by atoms with van der Waals surface area (Å²) in [5.41, 5.74) is 0.492. The Hall–Kier alpha value is -2.76. The van der Waals surface area contributed by atoms with E-state index in [4.69, 9.17) is 9.47 Å². The van der Waals surface area contributed by atoms with Crippen molar-refractivity contribution in [1.82, 2.24) is 9.78 Å². The average molecular weight is 343 g/mol. The van der Waals surface area contributed by atoms with Crippen LogP contribution in [0.5, 0.6) is 11.5 Å². The van der Waals surface area contributed by atoms with Gasteiger partial charge < -0.3 is 14.8 Å². The minimum absolute atomic E-state index is 0.207. The molecule has 1 amide bonds. The number of amides is 1. The number of hydrogen-bond donors (Lipinski definition) is 1. The van der Waals surface area contributed by atoms with E-state index in [0.717, 1.165) is 6.42 Å². The van der Waals surface area contributed by atoms with Gasteiger partial charge in [0.25, 0.3) is 5.91 Å². The molecular formula is C19H25N3O3. The predicted octanol–water partition coefficient (Wildman–Crippen LogP) is 4.07. The highest BCUT2D eigenvalue weighted by molar-refractivity contribution is 6.04. The van der Waals surface area contributed by atoms with Gasteiger partial charge in [-0.05, 0) is 38.5 Å². The zero-order valence-corrected chi connectivity index (χ0v) is 15.0. The second-order valence-corrected chi connectivity index (χ2v) is 5.57. The molecule has 0 aliphatic carbocycles. The first-order valence-electron chi connectivity index (χ1n) is 8.46. The van der Waals surface area contributed by atoms with Crippen molar-refractivity contribution in [3.63, 3.8) is 0 Å². The number of hydrogen-bond acceptors (Lipinski definition) is 4. The Morgan fingerprint density at radius 3 is 2.80 bits per heavy atom. The van der Waals surface area contributed by atoms with Gasteiger partial charge in [-0.1, -0.05) is 19.6 Å². The van der Waals surface area contributed by atoms with Gasteiger partial charge in [0.05, 0.1) is 18.8 Å². The number of benzene rings is 1. The van der Waals surface area contributed by atoms with Gasteiger partial charge in [0.2, 0.25) is 0 Å². The Kier molecular flexibility index (Phi) is 6.62. The first-order valence-corrected chi connectivity index (χ1v) is 8.46. The summed E-state index contributed by atoms with van der Waals surface area (Å²) in [6.07, 6.45) is 4.26. The van der Waals surface area contributed by atoms with Crippen LogP contribution >= 0.6 is 0 Å². The van der Waals surface area contributed by atoms with Crippen LogP contribution < -0.4 is 14.8 Å². The van der Waals surface area contributed by atoms with E-state index >= 15 is 0 Å². The van der Waals surface area contributed by atoms with Crippen molar-refractivity contribution in [2.45, 2.75) is 33.2 Å². The lowest BCUT2D eigenvalue weighted by molar-refractivity contribution is 0.102. The Balaban J connectivity index is 2.20. The second kappa shape index (κ2) is 8.92. The monoisotopic (exact) mass is 343 g/mol. The van der Waals surface area contributed by atoms with E-state index in [0.29, 0.717) is 36.1 Å². The molecule has 0 spiro atoms. The summed E-state index contributed by atoms with van der Waals surface area (Å²) < 4.78 is 12.9. The molecule has 1 atom stereocenters. The average Bonchev–Trinajstić information content (AvgIpc) is 3.08. The second-order valence-electron chi connectivity index (χ2n) is 5.57. The van der Waals surface area contributed by atoms with E-state index in [1.807, 2.05) is 11.6 Å². The fourth-order valence-electron chi connectivity index (χ4n) is 2.31. The summed E-state index contributed by atoms with van der Waals surface area (Å²) in [7, 11) is 0. The number of ether oxygens (including phenoxy) is 2. The third-order valence-corrected chi connectivity index (χ3v) is 3.78. The molecule has 6 heteroatoms. The van der Waals surface area contributed by atoms with E-state index in [1.54, 1.807) is 36.5 Å². The molecule has 0 saturated heterocycles. The number of carbonyl (C=O) groups is 1. The Bertz CT molecular complexity index is 724. The summed E-state index contributed by atoms with van der Waals surface area (Å²) in [5, 5.41) is 7.18. The minimum Gasteiger partial charge on any atom is -0.490 e. The number of nitrogens with zero attached hydrogens (tertiary/aromatic N) is 2. The SMILES string of the molecule is C=CCOc1ccc(C(=O)Nc2ccnn2C(C)CC)cc1OCC. The summed E-state index contributed by atoms with van der Waals surface area (Å²) in [6, 6.07) is 7.12. The molecule has 1 aromatic carbocycles. The van der Waals surface area contributed by atoms with Crippen LogP contribution in [-0.2, 0) is 0 Å². The third-order valence-electron chi connectivity index (χ3n) is 3.78. The molecule has 1 N–H and O–H groups in total. The van der Waals surface area contributed by atoms with Crippen LogP contribution in [-0.4, -0.2) is 28.9 Å². The zero-order valence-electron chi connectivity index (χ0n) is 15.0. The van der Waals surface area contributed by atoms with Crippen molar-refractivity contribution in [2.24, 2.45) is 0 Å². The first kappa shape index (κ1) is 18.6. The molecule has 1 aromatic heterocycles. The molecule has 25 heavy (non-hydrogen) atoms. The van der Waals surface area contributed by atoms with Crippen LogP contribution in [0, 0.1) is 0 Å². The molecule has 2 aromatic rings. The molecule has 1 unspecified atom stereocenters. The molecule has 134 valence electrons. The highest BCUT2D eigenvalue weighted by Crippen LogP contribution is 2.29. The van der Waals surface area contributed by atoms with Crippen LogP contribution in [0.4, 0.5) is 5.82 Å². The molecular weight excluding hydrogens is 318 g/mol. The van der Waals surface area contributed by atoms with Crippen LogP contribution in [0.2, 0.25) is 0 Å². The largest absolute Gasteiger partial charge is 0.490 e. The number of rotatable bonds is 9. The molecule has 0 bridgehead atoms. The van der Waals surface area contributed by atoms with Gasteiger partial charge in [-0.25, -0.2) is 4.68 Å². The van der Waals surface area contributed by atoms with Gasteiger partial charge in [-0.15, -0.1) is 0 Å². The van der Waals surface area contributed by atoms with Gasteiger partial charge in [0.15, 0.2) is 11.5 Å². The quantitative estimate of drug-likeness (QED) is 0.697. The third kappa shape index (κ3) is 4.62. The van der Waals surface area contributed by atoms with Crippen molar-refractivity contribution in [2.75, 3.05) is 18.5 Å². The van der Waals surface area contributed by atoms with Crippen LogP contribution in [0.15, 0.2) is 43.1 Å². The van der Waals surface area contributed by atoms with Crippen molar-refractivity contribution >= 4 is 11.7 Å². The van der Waals surface area contributed by atoms with E-state index in [9.17, 15) is 4.79 Å². The van der Waals surface area contributed by atoms with E-state index in [-0.39, 0.29) is 11.9 Å². The van der Waals surface area contributed by atoms with Gasteiger partial charge in [0, 0.05) is 11.6 Å². The molecule has 0 radical (unpaired) electrons. The van der Waals surface area contributed by atoms with Crippen molar-refractivity contribution in [3.8, 4) is 11.5 Å². The van der Waals surface area contributed by atoms with E-state index < -0.39 is 0 Å². The fraction of sp³-hybridized carbons (Fsp3) is 0.368. The lowest BCUT2D eigenvalue weighted by Crippen LogP contribution is -2.17. The molecule has 2 rings (SSSR count). The van der Waals surface area contributed by atoms with Crippen molar-refractivity contribution in [3.05, 3.63) is 48.7 Å². The van der Waals surface area contributed by atoms with E-state index in [1.165, 1.54) is 0 Å². The number of carbonyl (C=O) groups excluding carboxylic acids is 1. The van der Waals surface area contributed by atoms with Crippen LogP contribution in [0.25, 0.3) is 0 Å². The van der Waals surface area contributed by atoms with Crippen molar-refractivity contribution in [1.29, 1.82) is 0 Å². The lowest BCUT2D eigenvalue weighted by Gasteiger charge is -2.15. The first-order chi connectivity index (χ1) is 12.1. The van der Waals surface area contributed by atoms with Crippen LogP contribution in [0.1, 0.15) is 43.6 Å². The fourth-order valence-corrected chi connectivity index (χ4v) is 2.31. The molecule has 0 saturated carbocycles. The summed E-state index contributed by atoms with van der Waals surface area (Å²) >= 11 is 0. The minimum atomic E-state index is -0.221. The Labute approximate surface area is 148 Å². The summed E-state index contributed by atoms with van der Waals surface area (Å²) in [4.78, 5) is 12.6. The lowest BCUT2D eigenvalue weighted by atomic mass is 10.2. The normalized spacial score (nSPS) is 11.6. The molecule has 0 fully saturated rings. The molecule has 0 aliphatic heterocycles. The van der Waals surface area contributed by atoms with E-state index in [2.05, 4.69) is 30.8 Å². The molecule has 0 aliphatic rings. The van der Waals surface area contributed by atoms with Gasteiger partial charge in [0.1, 0.15) is 12.4 Å². The highest BCUT2D eigenvalue weighted by Gasteiger charge is 2.15.